The van der Waals surface area contributed by atoms with E-state index in [1.54, 1.807) is 32.0 Å². The zero-order valence-corrected chi connectivity index (χ0v) is 20.0. The van der Waals surface area contributed by atoms with E-state index in [2.05, 4.69) is 0 Å². The minimum Gasteiger partial charge on any atom is -0.491 e. The van der Waals surface area contributed by atoms with E-state index in [1.807, 2.05) is 36.0 Å². The first-order valence-corrected chi connectivity index (χ1v) is 11.1. The molecule has 3 aromatic rings. The summed E-state index contributed by atoms with van der Waals surface area (Å²) in [5.74, 6) is -0.0307. The van der Waals surface area contributed by atoms with Crippen molar-refractivity contribution in [3.8, 4) is 17.6 Å². The van der Waals surface area contributed by atoms with E-state index in [9.17, 15) is 15.0 Å². The van der Waals surface area contributed by atoms with Crippen LogP contribution in [0.25, 0.3) is 10.9 Å². The third-order valence-electron chi connectivity index (χ3n) is 5.11. The summed E-state index contributed by atoms with van der Waals surface area (Å²) in [5.41, 5.74) is 2.11. The molecule has 0 amide bonds. The van der Waals surface area contributed by atoms with Gasteiger partial charge in [0.25, 0.3) is 0 Å². The number of carboxylic acids is 1. The van der Waals surface area contributed by atoms with E-state index in [4.69, 9.17) is 31.1 Å². The zero-order valence-electron chi connectivity index (χ0n) is 19.2. The molecule has 0 radical (unpaired) electrons. The van der Waals surface area contributed by atoms with Crippen molar-refractivity contribution in [2.45, 2.75) is 38.6 Å². The van der Waals surface area contributed by atoms with E-state index in [0.717, 1.165) is 16.5 Å². The molecule has 2 N–H and O–H groups in total. The summed E-state index contributed by atoms with van der Waals surface area (Å²) in [6.07, 6.45) is 0.0391. The largest absolute Gasteiger partial charge is 0.491 e. The van der Waals surface area contributed by atoms with Crippen LogP contribution in [-0.4, -0.2) is 52.3 Å². The lowest BCUT2D eigenvalue weighted by Gasteiger charge is -2.16. The Morgan fingerprint density at radius 1 is 1.15 bits per heavy atom. The van der Waals surface area contributed by atoms with Crippen LogP contribution in [-0.2, 0) is 23.0 Å². The van der Waals surface area contributed by atoms with Gasteiger partial charge >= 0.3 is 5.97 Å². The zero-order chi connectivity index (χ0) is 24.8. The number of aliphatic carboxylic acids is 1. The molecule has 34 heavy (non-hydrogen) atoms. The van der Waals surface area contributed by atoms with Crippen molar-refractivity contribution >= 4 is 28.5 Å². The van der Waals surface area contributed by atoms with Gasteiger partial charge in [0, 0.05) is 36.6 Å². The highest BCUT2D eigenvalue weighted by Gasteiger charge is 2.22. The fraction of sp³-hybridized carbons (Fsp3) is 0.360. The van der Waals surface area contributed by atoms with Gasteiger partial charge in [-0.05, 0) is 49.7 Å². The van der Waals surface area contributed by atoms with E-state index in [1.165, 1.54) is 6.07 Å². The number of rotatable bonds is 11. The van der Waals surface area contributed by atoms with Gasteiger partial charge in [-0.15, -0.1) is 0 Å². The van der Waals surface area contributed by atoms with Crippen LogP contribution in [0.4, 0.5) is 0 Å². The van der Waals surface area contributed by atoms with Crippen LogP contribution in [0.3, 0.4) is 0 Å². The van der Waals surface area contributed by atoms with Gasteiger partial charge in [-0.3, -0.25) is 0 Å². The Bertz CT molecular complexity index is 1200. The number of hydrogen-bond donors (Lipinski definition) is 2. The Morgan fingerprint density at radius 3 is 2.38 bits per heavy atom. The molecule has 0 bridgehead atoms. The summed E-state index contributed by atoms with van der Waals surface area (Å²) in [6, 6.07) is 12.2. The molecule has 0 saturated heterocycles. The number of benzene rings is 2. The van der Waals surface area contributed by atoms with Crippen molar-refractivity contribution in [2.24, 2.45) is 7.05 Å². The quantitative estimate of drug-likeness (QED) is 0.422. The van der Waals surface area contributed by atoms with Gasteiger partial charge in [-0.2, -0.15) is 5.26 Å². The van der Waals surface area contributed by atoms with Crippen molar-refractivity contribution < 1.29 is 29.2 Å². The van der Waals surface area contributed by atoms with Crippen molar-refractivity contribution in [2.75, 3.05) is 13.2 Å². The van der Waals surface area contributed by atoms with Gasteiger partial charge in [0.1, 0.15) is 36.9 Å². The van der Waals surface area contributed by atoms with Gasteiger partial charge in [-0.25, -0.2) is 4.79 Å². The number of halogens is 1. The fourth-order valence-corrected chi connectivity index (χ4v) is 3.75. The van der Waals surface area contributed by atoms with Crippen LogP contribution in [0.2, 0.25) is 5.02 Å². The molecule has 2 unspecified atom stereocenters. The molecule has 9 heteroatoms. The molecule has 3 rings (SSSR count). The monoisotopic (exact) mass is 486 g/mol. The van der Waals surface area contributed by atoms with Gasteiger partial charge in [0.05, 0.1) is 16.7 Å². The van der Waals surface area contributed by atoms with Crippen LogP contribution < -0.4 is 9.47 Å². The average molecular weight is 487 g/mol. The molecule has 180 valence electrons. The first-order chi connectivity index (χ1) is 16.2. The highest BCUT2D eigenvalue weighted by atomic mass is 35.5. The number of aliphatic hydroxyl groups excluding tert-OH is 1. The van der Waals surface area contributed by atoms with Crippen LogP contribution >= 0.6 is 11.6 Å². The number of aryl methyl sites for hydroxylation is 1. The summed E-state index contributed by atoms with van der Waals surface area (Å²) in [7, 11) is 1.89. The maximum Gasteiger partial charge on any atom is 0.333 e. The summed E-state index contributed by atoms with van der Waals surface area (Å²) in [5, 5.41) is 29.8. The molecule has 0 fully saturated rings. The number of aliphatic hydroxyl groups is 1. The number of fused-ring (bicyclic) bond motifs is 1. The molecule has 0 saturated carbocycles. The van der Waals surface area contributed by atoms with Crippen molar-refractivity contribution in [3.05, 3.63) is 58.7 Å². The van der Waals surface area contributed by atoms with Gasteiger partial charge in [0.2, 0.25) is 0 Å². The molecule has 1 heterocycles. The molecule has 2 atom stereocenters. The first-order valence-electron chi connectivity index (χ1n) is 10.8. The molecule has 0 aliphatic heterocycles. The number of nitrogens with zero attached hydrogens (tertiary/aromatic N) is 2. The Hall–Kier alpha value is -3.25. The molecule has 0 aliphatic carbocycles. The van der Waals surface area contributed by atoms with E-state index in [0.29, 0.717) is 17.1 Å². The van der Waals surface area contributed by atoms with Crippen molar-refractivity contribution in [1.82, 2.24) is 4.57 Å². The Balaban J connectivity index is 1.64. The van der Waals surface area contributed by atoms with E-state index >= 15 is 0 Å². The molecule has 8 nitrogen and oxygen atoms in total. The Morgan fingerprint density at radius 2 is 1.79 bits per heavy atom. The predicted octanol–water partition coefficient (Wildman–Crippen LogP) is 3.94. The molecular formula is C25H27ClN2O6. The van der Waals surface area contributed by atoms with Crippen molar-refractivity contribution in [1.29, 1.82) is 5.26 Å². The maximum atomic E-state index is 11.6. The van der Waals surface area contributed by atoms with Crippen LogP contribution in [0.5, 0.6) is 11.5 Å². The number of carboxylic acid groups (broad SMARTS) is 1. The highest BCUT2D eigenvalue weighted by Crippen LogP contribution is 2.27. The number of aromatic nitrogens is 1. The second kappa shape index (κ2) is 11.3. The summed E-state index contributed by atoms with van der Waals surface area (Å²) >= 11 is 5.99. The number of hydrogen-bond acceptors (Lipinski definition) is 6. The second-order valence-corrected chi connectivity index (χ2v) is 8.60. The lowest BCUT2D eigenvalue weighted by molar-refractivity contribution is -0.153. The van der Waals surface area contributed by atoms with E-state index in [-0.39, 0.29) is 30.8 Å². The Labute approximate surface area is 202 Å². The van der Waals surface area contributed by atoms with Gasteiger partial charge in [-0.1, -0.05) is 11.6 Å². The Kier molecular flexibility index (Phi) is 8.40. The van der Waals surface area contributed by atoms with E-state index < -0.39 is 18.2 Å². The van der Waals surface area contributed by atoms with Gasteiger partial charge in [0.15, 0.2) is 6.10 Å². The van der Waals surface area contributed by atoms with Crippen molar-refractivity contribution in [3.63, 3.8) is 0 Å². The smallest absolute Gasteiger partial charge is 0.333 e. The minimum absolute atomic E-state index is 0.00804. The summed E-state index contributed by atoms with van der Waals surface area (Å²) in [4.78, 5) is 11.6. The highest BCUT2D eigenvalue weighted by molar-refractivity contribution is 6.31. The van der Waals surface area contributed by atoms with Crippen LogP contribution in [0, 0.1) is 11.3 Å². The lowest BCUT2D eigenvalue weighted by atomic mass is 10.1. The number of nitriles is 1. The molecule has 1 aromatic heterocycles. The molecule has 2 aromatic carbocycles. The van der Waals surface area contributed by atoms with Gasteiger partial charge < -0.3 is 29.0 Å². The summed E-state index contributed by atoms with van der Waals surface area (Å²) < 4.78 is 18.8. The first kappa shape index (κ1) is 25.4. The second-order valence-electron chi connectivity index (χ2n) is 8.19. The third-order valence-corrected chi connectivity index (χ3v) is 5.42. The summed E-state index contributed by atoms with van der Waals surface area (Å²) in [6.45, 7) is 3.58. The fourth-order valence-electron chi connectivity index (χ4n) is 3.54. The lowest BCUT2D eigenvalue weighted by Crippen LogP contribution is -2.29. The maximum absolute atomic E-state index is 11.6. The normalized spacial score (nSPS) is 13.0. The molecular weight excluding hydrogens is 460 g/mol. The molecule has 0 aliphatic rings. The van der Waals surface area contributed by atoms with Crippen LogP contribution in [0.15, 0.2) is 42.6 Å². The SMILES string of the molecule is CC(C)OC(Cc1cn(C)c2ccc(OCC(O)COc3ccc(C#N)c(Cl)c3)cc12)C(=O)O. The number of ether oxygens (including phenoxy) is 3. The van der Waals surface area contributed by atoms with Crippen LogP contribution in [0.1, 0.15) is 25.0 Å². The predicted molar refractivity (Wildman–Crippen MR) is 127 cm³/mol. The topological polar surface area (TPSA) is 114 Å². The standard InChI is InChI=1S/C25H27ClN2O6/c1-15(2)34-24(25(30)31)8-17-12-28(3)23-7-6-19(9-21(17)23)32-13-18(29)14-33-20-5-4-16(11-27)22(26)10-20/h4-7,9-10,12,15,18,24,29H,8,13-14H2,1-3H3,(H,30,31). The third kappa shape index (κ3) is 6.41. The minimum atomic E-state index is -1.01. The molecule has 0 spiro atoms. The average Bonchev–Trinajstić information content (AvgIpc) is 3.10. The number of carbonyl (C=O) groups is 1.